The van der Waals surface area contributed by atoms with Crippen LogP contribution >= 0.6 is 0 Å². The molecule has 0 aliphatic heterocycles. The lowest BCUT2D eigenvalue weighted by Crippen LogP contribution is -2.21. The van der Waals surface area contributed by atoms with Gasteiger partial charge in [-0.05, 0) is 70.8 Å². The summed E-state index contributed by atoms with van der Waals surface area (Å²) in [5.41, 5.74) is 5.74. The first-order chi connectivity index (χ1) is 19.3. The van der Waals surface area contributed by atoms with E-state index in [0.29, 0.717) is 31.3 Å². The number of benzene rings is 4. The summed E-state index contributed by atoms with van der Waals surface area (Å²) < 4.78 is 41.5. The lowest BCUT2D eigenvalue weighted by molar-refractivity contribution is 0.306. The van der Waals surface area contributed by atoms with Crippen molar-refractivity contribution < 1.29 is 17.5 Å². The summed E-state index contributed by atoms with van der Waals surface area (Å²) in [5.74, 6) is 1.25. The molecule has 4 aromatic carbocycles. The van der Waals surface area contributed by atoms with Crippen molar-refractivity contribution >= 4 is 32.2 Å². The fraction of sp³-hybridized carbons (Fsp3) is 0.161. The van der Waals surface area contributed by atoms with Crippen molar-refractivity contribution in [3.8, 4) is 16.9 Å². The molecule has 0 spiro atoms. The van der Waals surface area contributed by atoms with Crippen molar-refractivity contribution in [2.24, 2.45) is 0 Å². The minimum atomic E-state index is -2.97. The van der Waals surface area contributed by atoms with E-state index in [1.165, 1.54) is 24.7 Å². The number of fused-ring (bicyclic) bond motifs is 1. The minimum Gasteiger partial charge on any atom is -0.489 e. The highest BCUT2D eigenvalue weighted by atomic mass is 32.2. The molecule has 7 nitrogen and oxygen atoms in total. The lowest BCUT2D eigenvalue weighted by atomic mass is 10.0. The SMILES string of the molecule is CS(=O)(=O)CCNCc1ccc(-c2ccc3ncnc(Nc4ccc(OCc5ccc(F)cc5)cc4)c3c2)cc1. The van der Waals surface area contributed by atoms with E-state index in [9.17, 15) is 12.8 Å². The van der Waals surface area contributed by atoms with Gasteiger partial charge in [0.25, 0.3) is 0 Å². The van der Waals surface area contributed by atoms with Crippen molar-refractivity contribution in [1.82, 2.24) is 15.3 Å². The molecule has 5 rings (SSSR count). The normalized spacial score (nSPS) is 11.4. The molecule has 1 aromatic heterocycles. The van der Waals surface area contributed by atoms with Gasteiger partial charge in [-0.25, -0.2) is 22.8 Å². The Hall–Kier alpha value is -4.34. The zero-order valence-corrected chi connectivity index (χ0v) is 22.8. The van der Waals surface area contributed by atoms with Crippen LogP contribution in [0.15, 0.2) is 97.3 Å². The molecular formula is C31H29FN4O3S. The standard InChI is InChI=1S/C31H29FN4O3S/c1-40(37,38)17-16-33-19-22-2-6-24(7-3-22)25-8-15-30-29(18-25)31(35-21-34-30)36-27-11-13-28(14-12-27)39-20-23-4-9-26(32)10-5-23/h2-15,18,21,33H,16-17,19-20H2,1H3,(H,34,35,36). The van der Waals surface area contributed by atoms with E-state index < -0.39 is 9.84 Å². The van der Waals surface area contributed by atoms with E-state index in [4.69, 9.17) is 4.74 Å². The van der Waals surface area contributed by atoms with E-state index >= 15 is 0 Å². The second kappa shape index (κ2) is 12.2. The number of rotatable bonds is 11. The van der Waals surface area contributed by atoms with Crippen LogP contribution in [-0.4, -0.2) is 36.9 Å². The average molecular weight is 557 g/mol. The van der Waals surface area contributed by atoms with E-state index in [0.717, 1.165) is 38.8 Å². The largest absolute Gasteiger partial charge is 0.489 e. The molecule has 0 bridgehead atoms. The number of nitrogens with one attached hydrogen (secondary N) is 2. The second-order valence-corrected chi connectivity index (χ2v) is 11.8. The topological polar surface area (TPSA) is 93.2 Å². The van der Waals surface area contributed by atoms with Crippen LogP contribution in [0, 0.1) is 5.82 Å². The molecule has 5 aromatic rings. The van der Waals surface area contributed by atoms with Gasteiger partial charge < -0.3 is 15.4 Å². The maximum Gasteiger partial charge on any atom is 0.148 e. The third-order valence-electron chi connectivity index (χ3n) is 6.34. The summed E-state index contributed by atoms with van der Waals surface area (Å²) in [5, 5.41) is 7.44. The first kappa shape index (κ1) is 27.2. The molecule has 2 N–H and O–H groups in total. The molecule has 0 atom stereocenters. The number of aromatic nitrogens is 2. The van der Waals surface area contributed by atoms with Crippen molar-refractivity contribution in [1.29, 1.82) is 0 Å². The van der Waals surface area contributed by atoms with Crippen LogP contribution in [0.2, 0.25) is 0 Å². The monoisotopic (exact) mass is 556 g/mol. The molecule has 0 amide bonds. The third kappa shape index (κ3) is 7.40. The number of hydrogen-bond acceptors (Lipinski definition) is 7. The number of anilines is 2. The van der Waals surface area contributed by atoms with Crippen LogP contribution in [-0.2, 0) is 23.0 Å². The van der Waals surface area contributed by atoms with Gasteiger partial charge in [0.15, 0.2) is 0 Å². The predicted octanol–water partition coefficient (Wildman–Crippen LogP) is 5.89. The maximum atomic E-state index is 13.1. The first-order valence-electron chi connectivity index (χ1n) is 12.8. The number of ether oxygens (including phenoxy) is 1. The highest BCUT2D eigenvalue weighted by Crippen LogP contribution is 2.29. The van der Waals surface area contributed by atoms with Crippen molar-refractivity contribution in [2.75, 3.05) is 23.9 Å². The smallest absolute Gasteiger partial charge is 0.148 e. The molecule has 9 heteroatoms. The third-order valence-corrected chi connectivity index (χ3v) is 7.28. The second-order valence-electron chi connectivity index (χ2n) is 9.52. The summed E-state index contributed by atoms with van der Waals surface area (Å²) in [6, 6.07) is 28.1. The summed E-state index contributed by atoms with van der Waals surface area (Å²) in [4.78, 5) is 8.90. The van der Waals surface area contributed by atoms with Crippen LogP contribution in [0.4, 0.5) is 15.9 Å². The van der Waals surface area contributed by atoms with Gasteiger partial charge >= 0.3 is 0 Å². The Morgan fingerprint density at radius 3 is 2.25 bits per heavy atom. The van der Waals surface area contributed by atoms with Crippen LogP contribution in [0.1, 0.15) is 11.1 Å². The molecule has 0 unspecified atom stereocenters. The molecule has 0 saturated carbocycles. The number of nitrogens with zero attached hydrogens (tertiary/aromatic N) is 2. The molecule has 1 heterocycles. The van der Waals surface area contributed by atoms with Gasteiger partial charge in [0.05, 0.1) is 11.3 Å². The predicted molar refractivity (Wildman–Crippen MR) is 157 cm³/mol. The number of sulfone groups is 1. The minimum absolute atomic E-state index is 0.121. The van der Waals surface area contributed by atoms with E-state index in [1.54, 1.807) is 12.1 Å². The van der Waals surface area contributed by atoms with E-state index in [1.807, 2.05) is 48.5 Å². The van der Waals surface area contributed by atoms with Gasteiger partial charge in [-0.1, -0.05) is 42.5 Å². The Balaban J connectivity index is 1.25. The molecule has 0 fully saturated rings. The summed E-state index contributed by atoms with van der Waals surface area (Å²) >= 11 is 0. The summed E-state index contributed by atoms with van der Waals surface area (Å²) in [6.07, 6.45) is 2.78. The molecule has 40 heavy (non-hydrogen) atoms. The van der Waals surface area contributed by atoms with Gasteiger partial charge in [-0.3, -0.25) is 0 Å². The fourth-order valence-electron chi connectivity index (χ4n) is 4.16. The number of halogens is 1. The molecule has 0 aliphatic carbocycles. The molecule has 0 aliphatic rings. The Labute approximate surface area is 233 Å². The highest BCUT2D eigenvalue weighted by Gasteiger charge is 2.08. The first-order valence-corrected chi connectivity index (χ1v) is 14.9. The Bertz CT molecular complexity index is 1690. The van der Waals surface area contributed by atoms with Gasteiger partial charge in [-0.2, -0.15) is 0 Å². The Morgan fingerprint density at radius 2 is 1.52 bits per heavy atom. The van der Waals surface area contributed by atoms with Gasteiger partial charge in [0.1, 0.15) is 40.2 Å². The lowest BCUT2D eigenvalue weighted by Gasteiger charge is -2.11. The van der Waals surface area contributed by atoms with Crippen LogP contribution in [0.25, 0.3) is 22.0 Å². The number of hydrogen-bond donors (Lipinski definition) is 2. The Morgan fingerprint density at radius 1 is 0.825 bits per heavy atom. The van der Waals surface area contributed by atoms with Crippen LogP contribution < -0.4 is 15.4 Å². The Kier molecular flexibility index (Phi) is 8.33. The van der Waals surface area contributed by atoms with Crippen molar-refractivity contribution in [3.05, 3.63) is 114 Å². The fourth-order valence-corrected chi connectivity index (χ4v) is 4.67. The van der Waals surface area contributed by atoms with E-state index in [2.05, 4.69) is 38.8 Å². The molecule has 0 radical (unpaired) electrons. The van der Waals surface area contributed by atoms with Gasteiger partial charge in [-0.15, -0.1) is 0 Å². The van der Waals surface area contributed by atoms with Crippen molar-refractivity contribution in [2.45, 2.75) is 13.2 Å². The molecule has 0 saturated heterocycles. The zero-order chi connectivity index (χ0) is 28.0. The maximum absolute atomic E-state index is 13.1. The van der Waals surface area contributed by atoms with Gasteiger partial charge in [0, 0.05) is 30.4 Å². The summed E-state index contributed by atoms with van der Waals surface area (Å²) in [7, 11) is -2.97. The molecular weight excluding hydrogens is 527 g/mol. The summed E-state index contributed by atoms with van der Waals surface area (Å²) in [6.45, 7) is 1.38. The molecule has 204 valence electrons. The highest BCUT2D eigenvalue weighted by molar-refractivity contribution is 7.90. The van der Waals surface area contributed by atoms with E-state index in [-0.39, 0.29) is 11.6 Å². The van der Waals surface area contributed by atoms with Crippen molar-refractivity contribution in [3.63, 3.8) is 0 Å². The van der Waals surface area contributed by atoms with Gasteiger partial charge in [0.2, 0.25) is 0 Å². The van der Waals surface area contributed by atoms with Crippen LogP contribution in [0.3, 0.4) is 0 Å². The average Bonchev–Trinajstić information content (AvgIpc) is 2.96. The zero-order valence-electron chi connectivity index (χ0n) is 22.0. The quantitative estimate of drug-likeness (QED) is 0.196. The van der Waals surface area contributed by atoms with Crippen LogP contribution in [0.5, 0.6) is 5.75 Å².